The lowest BCUT2D eigenvalue weighted by molar-refractivity contribution is 0.737. The minimum absolute atomic E-state index is 0.672. The smallest absolute Gasteiger partial charge is 0.00367 e. The van der Waals surface area contributed by atoms with Gasteiger partial charge in [0.2, 0.25) is 0 Å². The van der Waals surface area contributed by atoms with Crippen molar-refractivity contribution in [2.45, 2.75) is 27.2 Å². The van der Waals surface area contributed by atoms with Crippen LogP contribution < -0.4 is 5.73 Å². The average Bonchev–Trinajstić information content (AvgIpc) is 2.03. The van der Waals surface area contributed by atoms with E-state index in [1.165, 1.54) is 0 Å². The molecular weight excluding hydrogens is 158 g/mol. The molecule has 0 fully saturated rings. The number of nitrogens with two attached hydrogens (primary N) is 1. The molecule has 0 aliphatic rings. The molecule has 2 N–H and O–H groups in total. The SMILES string of the molecule is C=C/C=C(\C=C)CCN.CC(C)C. The lowest BCUT2D eigenvalue weighted by Crippen LogP contribution is -1.98. The van der Waals surface area contributed by atoms with Crippen LogP contribution in [-0.2, 0) is 0 Å². The summed E-state index contributed by atoms with van der Waals surface area (Å²) in [4.78, 5) is 0. The van der Waals surface area contributed by atoms with Crippen LogP contribution in [0.4, 0.5) is 0 Å². The van der Waals surface area contributed by atoms with Crippen molar-refractivity contribution in [2.75, 3.05) is 6.54 Å². The van der Waals surface area contributed by atoms with Crippen LogP contribution in [0.15, 0.2) is 37.0 Å². The van der Waals surface area contributed by atoms with Crippen LogP contribution in [0.25, 0.3) is 0 Å². The van der Waals surface area contributed by atoms with E-state index in [-0.39, 0.29) is 0 Å². The molecule has 0 aromatic rings. The zero-order chi connectivity index (χ0) is 10.7. The van der Waals surface area contributed by atoms with Crippen LogP contribution in [0, 0.1) is 5.92 Å². The van der Waals surface area contributed by atoms with Crippen LogP contribution in [0.1, 0.15) is 27.2 Å². The maximum absolute atomic E-state index is 5.31. The Hall–Kier alpha value is -0.820. The molecule has 0 aliphatic carbocycles. The van der Waals surface area contributed by atoms with E-state index in [0.717, 1.165) is 17.9 Å². The number of hydrogen-bond acceptors (Lipinski definition) is 1. The van der Waals surface area contributed by atoms with Crippen molar-refractivity contribution in [3.05, 3.63) is 37.0 Å². The minimum atomic E-state index is 0.672. The standard InChI is InChI=1S/C8H13N.C4H10/c1-3-5-8(4-2)6-7-9;1-4(2)3/h3-5H,1-2,6-7,9H2;4H,1-3H3/b8-5+;. The predicted octanol–water partition coefficient (Wildman–Crippen LogP) is 3.30. The molecule has 1 nitrogen and oxygen atoms in total. The predicted molar refractivity (Wildman–Crippen MR) is 62.7 cm³/mol. The van der Waals surface area contributed by atoms with Gasteiger partial charge in [-0.3, -0.25) is 0 Å². The van der Waals surface area contributed by atoms with Gasteiger partial charge in [0, 0.05) is 0 Å². The van der Waals surface area contributed by atoms with E-state index in [4.69, 9.17) is 5.73 Å². The van der Waals surface area contributed by atoms with Crippen LogP contribution in [0.3, 0.4) is 0 Å². The van der Waals surface area contributed by atoms with Crippen LogP contribution in [0.5, 0.6) is 0 Å². The molecule has 0 saturated carbocycles. The van der Waals surface area contributed by atoms with E-state index >= 15 is 0 Å². The average molecular weight is 181 g/mol. The minimum Gasteiger partial charge on any atom is -0.330 e. The molecule has 0 bridgehead atoms. The van der Waals surface area contributed by atoms with Crippen molar-refractivity contribution in [3.63, 3.8) is 0 Å². The molecule has 0 atom stereocenters. The first kappa shape index (κ1) is 14.7. The zero-order valence-corrected chi connectivity index (χ0v) is 9.22. The molecule has 0 aromatic carbocycles. The van der Waals surface area contributed by atoms with Crippen molar-refractivity contribution in [1.29, 1.82) is 0 Å². The van der Waals surface area contributed by atoms with Gasteiger partial charge in [0.15, 0.2) is 0 Å². The molecule has 0 unspecified atom stereocenters. The molecule has 0 spiro atoms. The molecule has 1 heteroatoms. The highest BCUT2D eigenvalue weighted by Gasteiger charge is 1.84. The summed E-state index contributed by atoms with van der Waals surface area (Å²) >= 11 is 0. The molecule has 13 heavy (non-hydrogen) atoms. The fourth-order valence-electron chi connectivity index (χ4n) is 0.571. The van der Waals surface area contributed by atoms with E-state index in [1.54, 1.807) is 12.2 Å². The van der Waals surface area contributed by atoms with Gasteiger partial charge in [0.25, 0.3) is 0 Å². The third-order valence-corrected chi connectivity index (χ3v) is 1.03. The Bertz CT molecular complexity index is 152. The van der Waals surface area contributed by atoms with Gasteiger partial charge in [-0.2, -0.15) is 0 Å². The molecule has 0 amide bonds. The molecule has 0 radical (unpaired) electrons. The Morgan fingerprint density at radius 3 is 2.00 bits per heavy atom. The maximum atomic E-state index is 5.31. The molecule has 0 aromatic heterocycles. The number of hydrogen-bond donors (Lipinski definition) is 1. The number of allylic oxidation sites excluding steroid dienone is 3. The molecular formula is C12H23N. The molecule has 0 rings (SSSR count). The van der Waals surface area contributed by atoms with Gasteiger partial charge in [-0.1, -0.05) is 52.2 Å². The first-order valence-corrected chi connectivity index (χ1v) is 4.72. The van der Waals surface area contributed by atoms with Crippen molar-refractivity contribution >= 4 is 0 Å². The Labute approximate surface area is 83.0 Å². The van der Waals surface area contributed by atoms with Crippen LogP contribution in [-0.4, -0.2) is 6.54 Å². The summed E-state index contributed by atoms with van der Waals surface area (Å²) in [6.45, 7) is 14.4. The normalized spacial score (nSPS) is 10.4. The fraction of sp³-hybridized carbons (Fsp3) is 0.500. The lowest BCUT2D eigenvalue weighted by atomic mass is 10.2. The highest BCUT2D eigenvalue weighted by Crippen LogP contribution is 1.99. The third-order valence-electron chi connectivity index (χ3n) is 1.03. The van der Waals surface area contributed by atoms with Gasteiger partial charge in [-0.15, -0.1) is 0 Å². The summed E-state index contributed by atoms with van der Waals surface area (Å²) in [5.74, 6) is 0.833. The second-order valence-corrected chi connectivity index (χ2v) is 3.45. The quantitative estimate of drug-likeness (QED) is 0.662. The van der Waals surface area contributed by atoms with E-state index in [9.17, 15) is 0 Å². The van der Waals surface area contributed by atoms with E-state index in [2.05, 4.69) is 33.9 Å². The summed E-state index contributed by atoms with van der Waals surface area (Å²) < 4.78 is 0. The van der Waals surface area contributed by atoms with Crippen molar-refractivity contribution in [3.8, 4) is 0 Å². The van der Waals surface area contributed by atoms with Gasteiger partial charge in [0.05, 0.1) is 0 Å². The Balaban J connectivity index is 0. The first-order valence-electron chi connectivity index (χ1n) is 4.72. The lowest BCUT2D eigenvalue weighted by Gasteiger charge is -1.94. The summed E-state index contributed by atoms with van der Waals surface area (Å²) in [5, 5.41) is 0. The molecule has 76 valence electrons. The van der Waals surface area contributed by atoms with E-state index < -0.39 is 0 Å². The monoisotopic (exact) mass is 181 g/mol. The molecule has 0 saturated heterocycles. The van der Waals surface area contributed by atoms with Crippen LogP contribution >= 0.6 is 0 Å². The van der Waals surface area contributed by atoms with Crippen LogP contribution in [0.2, 0.25) is 0 Å². The molecule has 0 aliphatic heterocycles. The maximum Gasteiger partial charge on any atom is -0.00367 e. The van der Waals surface area contributed by atoms with E-state index in [0.29, 0.717) is 6.54 Å². The van der Waals surface area contributed by atoms with Gasteiger partial charge >= 0.3 is 0 Å². The van der Waals surface area contributed by atoms with Gasteiger partial charge in [0.1, 0.15) is 0 Å². The van der Waals surface area contributed by atoms with Gasteiger partial charge in [-0.05, 0) is 24.5 Å². The van der Waals surface area contributed by atoms with Gasteiger partial charge in [-0.25, -0.2) is 0 Å². The second kappa shape index (κ2) is 11.2. The van der Waals surface area contributed by atoms with Crippen molar-refractivity contribution < 1.29 is 0 Å². The zero-order valence-electron chi connectivity index (χ0n) is 9.22. The summed E-state index contributed by atoms with van der Waals surface area (Å²) in [5.41, 5.74) is 6.46. The Kier molecular flexibility index (Phi) is 12.6. The summed E-state index contributed by atoms with van der Waals surface area (Å²) in [6.07, 6.45) is 6.34. The fourth-order valence-corrected chi connectivity index (χ4v) is 0.571. The highest BCUT2D eigenvalue weighted by atomic mass is 14.5. The Morgan fingerprint density at radius 2 is 1.77 bits per heavy atom. The third kappa shape index (κ3) is 18.3. The molecule has 0 heterocycles. The summed E-state index contributed by atoms with van der Waals surface area (Å²) in [6, 6.07) is 0. The van der Waals surface area contributed by atoms with Gasteiger partial charge < -0.3 is 5.73 Å². The highest BCUT2D eigenvalue weighted by molar-refractivity contribution is 5.20. The largest absolute Gasteiger partial charge is 0.330 e. The topological polar surface area (TPSA) is 26.0 Å². The van der Waals surface area contributed by atoms with E-state index in [1.807, 2.05) is 6.08 Å². The Morgan fingerprint density at radius 1 is 1.31 bits per heavy atom. The van der Waals surface area contributed by atoms with Crippen molar-refractivity contribution in [2.24, 2.45) is 11.7 Å². The summed E-state index contributed by atoms with van der Waals surface area (Å²) in [7, 11) is 0. The first-order chi connectivity index (χ1) is 6.08. The van der Waals surface area contributed by atoms with Crippen molar-refractivity contribution in [1.82, 2.24) is 0 Å². The second-order valence-electron chi connectivity index (χ2n) is 3.45. The number of rotatable bonds is 4.